The molecule has 1 N–H and O–H groups in total. The number of rotatable bonds is 5. The third-order valence-electron chi connectivity index (χ3n) is 4.49. The van der Waals surface area contributed by atoms with Gasteiger partial charge in [-0.25, -0.2) is 4.79 Å². The number of aromatic nitrogens is 2. The molecule has 1 aliphatic heterocycles. The average Bonchev–Trinajstić information content (AvgIpc) is 2.65. The molecule has 1 amide bonds. The number of H-pyrrole nitrogens is 1. The lowest BCUT2D eigenvalue weighted by atomic mass is 10.2. The van der Waals surface area contributed by atoms with Crippen molar-refractivity contribution in [3.8, 4) is 5.75 Å². The highest BCUT2D eigenvalue weighted by atomic mass is 19.4. The number of ether oxygens (including phenoxy) is 1. The minimum Gasteiger partial charge on any atom is -0.406 e. The van der Waals surface area contributed by atoms with Crippen LogP contribution in [-0.4, -0.2) is 57.8 Å². The van der Waals surface area contributed by atoms with Crippen LogP contribution in [0, 0.1) is 0 Å². The minimum absolute atomic E-state index is 0.156. The largest absolute Gasteiger partial charge is 0.573 e. The number of benzene rings is 1. The van der Waals surface area contributed by atoms with Crippen LogP contribution in [0.4, 0.5) is 13.2 Å². The Morgan fingerprint density at radius 1 is 1.03 bits per heavy atom. The number of piperazine rings is 1. The zero-order valence-corrected chi connectivity index (χ0v) is 15.3. The maximum Gasteiger partial charge on any atom is 0.573 e. The van der Waals surface area contributed by atoms with Gasteiger partial charge >= 0.3 is 12.1 Å². The predicted molar refractivity (Wildman–Crippen MR) is 96.3 cm³/mol. The first-order chi connectivity index (χ1) is 13.7. The van der Waals surface area contributed by atoms with Crippen molar-refractivity contribution >= 4 is 5.91 Å². The summed E-state index contributed by atoms with van der Waals surface area (Å²) in [6.45, 7) is 2.49. The van der Waals surface area contributed by atoms with Crippen molar-refractivity contribution < 1.29 is 22.7 Å². The highest BCUT2D eigenvalue weighted by Gasteiger charge is 2.31. The van der Waals surface area contributed by atoms with Crippen LogP contribution >= 0.6 is 0 Å². The van der Waals surface area contributed by atoms with E-state index in [0.717, 1.165) is 10.1 Å². The molecule has 1 aromatic carbocycles. The topological polar surface area (TPSA) is 87.6 Å². The maximum atomic E-state index is 12.4. The molecule has 2 aromatic rings. The van der Waals surface area contributed by atoms with Crippen molar-refractivity contribution in [2.75, 3.05) is 26.2 Å². The fourth-order valence-electron chi connectivity index (χ4n) is 3.02. The molecule has 2 heterocycles. The fraction of sp³-hybridized carbons (Fsp3) is 0.389. The lowest BCUT2D eigenvalue weighted by molar-refractivity contribution is -0.274. The second-order valence-corrected chi connectivity index (χ2v) is 6.59. The lowest BCUT2D eigenvalue weighted by Gasteiger charge is -2.34. The number of aromatic amines is 1. The Morgan fingerprint density at radius 2 is 1.69 bits per heavy atom. The predicted octanol–water partition coefficient (Wildman–Crippen LogP) is 0.780. The first-order valence-corrected chi connectivity index (χ1v) is 8.84. The molecule has 1 aliphatic rings. The van der Waals surface area contributed by atoms with E-state index in [1.807, 2.05) is 0 Å². The Labute approximate surface area is 163 Å². The van der Waals surface area contributed by atoms with Crippen LogP contribution < -0.4 is 16.0 Å². The molecule has 0 spiro atoms. The molecule has 29 heavy (non-hydrogen) atoms. The van der Waals surface area contributed by atoms with Gasteiger partial charge in [-0.05, 0) is 17.7 Å². The second kappa shape index (κ2) is 8.52. The van der Waals surface area contributed by atoms with Crippen molar-refractivity contribution in [2.24, 2.45) is 0 Å². The Bertz CT molecular complexity index is 961. The zero-order chi connectivity index (χ0) is 21.0. The van der Waals surface area contributed by atoms with E-state index in [1.165, 1.54) is 24.4 Å². The first-order valence-electron chi connectivity index (χ1n) is 8.84. The highest BCUT2D eigenvalue weighted by molar-refractivity contribution is 5.76. The van der Waals surface area contributed by atoms with E-state index < -0.39 is 17.6 Å². The van der Waals surface area contributed by atoms with Crippen LogP contribution in [0.15, 0.2) is 46.1 Å². The van der Waals surface area contributed by atoms with Crippen LogP contribution in [-0.2, 0) is 17.9 Å². The molecule has 1 saturated heterocycles. The van der Waals surface area contributed by atoms with Crippen LogP contribution in [0.25, 0.3) is 0 Å². The zero-order valence-electron chi connectivity index (χ0n) is 15.3. The van der Waals surface area contributed by atoms with E-state index in [4.69, 9.17) is 0 Å². The Morgan fingerprint density at radius 3 is 2.28 bits per heavy atom. The molecule has 0 radical (unpaired) electrons. The normalized spacial score (nSPS) is 15.3. The van der Waals surface area contributed by atoms with Crippen molar-refractivity contribution in [3.63, 3.8) is 0 Å². The summed E-state index contributed by atoms with van der Waals surface area (Å²) in [7, 11) is 0. The van der Waals surface area contributed by atoms with E-state index in [9.17, 15) is 27.6 Å². The quantitative estimate of drug-likeness (QED) is 0.784. The molecule has 8 nitrogen and oxygen atoms in total. The molecule has 156 valence electrons. The summed E-state index contributed by atoms with van der Waals surface area (Å²) in [6.07, 6.45) is -3.44. The molecule has 1 aromatic heterocycles. The van der Waals surface area contributed by atoms with Gasteiger partial charge in [-0.1, -0.05) is 12.1 Å². The minimum atomic E-state index is -4.72. The number of halogens is 3. The van der Waals surface area contributed by atoms with Gasteiger partial charge in [0.25, 0.3) is 5.56 Å². The average molecular weight is 412 g/mol. The molecule has 1 fully saturated rings. The van der Waals surface area contributed by atoms with Crippen molar-refractivity contribution in [1.82, 2.24) is 19.4 Å². The van der Waals surface area contributed by atoms with Crippen molar-refractivity contribution in [1.29, 1.82) is 0 Å². The summed E-state index contributed by atoms with van der Waals surface area (Å²) in [4.78, 5) is 40.9. The van der Waals surface area contributed by atoms with Gasteiger partial charge in [0.05, 0.1) is 0 Å². The number of alkyl halides is 3. The molecule has 0 aliphatic carbocycles. The standard InChI is InChI=1S/C18H19F3N4O4/c19-18(20,21)29-14-3-1-13(2-4-14)11-23-7-9-24(10-8-23)16(27)12-25-6-5-15(26)22-17(25)28/h1-6H,7-12H2,(H,22,26,28). The van der Waals surface area contributed by atoms with Crippen LogP contribution in [0.5, 0.6) is 5.75 Å². The SMILES string of the molecule is O=C(Cn1ccc(=O)[nH]c1=O)N1CCN(Cc2ccc(OC(F)(F)F)cc2)CC1. The molecule has 0 unspecified atom stereocenters. The Kier molecular flexibility index (Phi) is 6.06. The van der Waals surface area contributed by atoms with E-state index in [0.29, 0.717) is 32.7 Å². The summed E-state index contributed by atoms with van der Waals surface area (Å²) in [6, 6.07) is 6.86. The maximum absolute atomic E-state index is 12.4. The van der Waals surface area contributed by atoms with Gasteiger partial charge in [-0.3, -0.25) is 24.0 Å². The fourth-order valence-corrected chi connectivity index (χ4v) is 3.02. The van der Waals surface area contributed by atoms with E-state index in [1.54, 1.807) is 17.0 Å². The van der Waals surface area contributed by atoms with E-state index in [2.05, 4.69) is 14.6 Å². The summed E-state index contributed by atoms with van der Waals surface area (Å²) >= 11 is 0. The number of nitrogens with zero attached hydrogens (tertiary/aromatic N) is 3. The summed E-state index contributed by atoms with van der Waals surface area (Å²) in [5.74, 6) is -0.499. The van der Waals surface area contributed by atoms with Gasteiger partial charge < -0.3 is 9.64 Å². The smallest absolute Gasteiger partial charge is 0.406 e. The third kappa shape index (κ3) is 5.95. The molecule has 11 heteroatoms. The van der Waals surface area contributed by atoms with Gasteiger partial charge in [0.2, 0.25) is 5.91 Å². The monoisotopic (exact) mass is 412 g/mol. The van der Waals surface area contributed by atoms with Gasteiger partial charge in [0, 0.05) is 45.0 Å². The lowest BCUT2D eigenvalue weighted by Crippen LogP contribution is -2.49. The molecule has 0 atom stereocenters. The van der Waals surface area contributed by atoms with Crippen molar-refractivity contribution in [3.05, 3.63) is 62.9 Å². The second-order valence-electron chi connectivity index (χ2n) is 6.59. The van der Waals surface area contributed by atoms with Crippen LogP contribution in [0.2, 0.25) is 0 Å². The third-order valence-corrected chi connectivity index (χ3v) is 4.49. The van der Waals surface area contributed by atoms with E-state index >= 15 is 0 Å². The van der Waals surface area contributed by atoms with Gasteiger partial charge in [-0.15, -0.1) is 13.2 Å². The first kappa shape index (κ1) is 20.6. The summed E-state index contributed by atoms with van der Waals surface area (Å²) in [5.41, 5.74) is -0.327. The number of carbonyl (C=O) groups is 1. The number of hydrogen-bond acceptors (Lipinski definition) is 5. The van der Waals surface area contributed by atoms with Crippen LogP contribution in [0.3, 0.4) is 0 Å². The summed E-state index contributed by atoms with van der Waals surface area (Å²) < 4.78 is 41.6. The van der Waals surface area contributed by atoms with Gasteiger partial charge in [-0.2, -0.15) is 0 Å². The molecule has 3 rings (SSSR count). The Hall–Kier alpha value is -3.08. The van der Waals surface area contributed by atoms with Gasteiger partial charge in [0.1, 0.15) is 12.3 Å². The van der Waals surface area contributed by atoms with Crippen molar-refractivity contribution in [2.45, 2.75) is 19.5 Å². The number of amides is 1. The molecular formula is C18H19F3N4O4. The Balaban J connectivity index is 1.49. The van der Waals surface area contributed by atoms with Crippen LogP contribution in [0.1, 0.15) is 5.56 Å². The molecule has 0 bridgehead atoms. The molecule has 0 saturated carbocycles. The number of carbonyl (C=O) groups excluding carboxylic acids is 1. The number of nitrogens with one attached hydrogen (secondary N) is 1. The van der Waals surface area contributed by atoms with E-state index in [-0.39, 0.29) is 18.2 Å². The number of hydrogen-bond donors (Lipinski definition) is 1. The summed E-state index contributed by atoms with van der Waals surface area (Å²) in [5, 5.41) is 0. The van der Waals surface area contributed by atoms with Gasteiger partial charge in [0.15, 0.2) is 0 Å². The molecular weight excluding hydrogens is 393 g/mol. The highest BCUT2D eigenvalue weighted by Crippen LogP contribution is 2.23.